The number of benzene rings is 1. The molecule has 1 aliphatic rings. The lowest BCUT2D eigenvalue weighted by atomic mass is 10.2. The van der Waals surface area contributed by atoms with Crippen LogP contribution in [0.1, 0.15) is 25.8 Å². The van der Waals surface area contributed by atoms with Gasteiger partial charge in [-0.25, -0.2) is 0 Å². The van der Waals surface area contributed by atoms with Crippen molar-refractivity contribution in [2.45, 2.75) is 43.5 Å². The monoisotopic (exact) mass is 298 g/mol. The molecule has 2 rings (SSSR count). The summed E-state index contributed by atoms with van der Waals surface area (Å²) in [6, 6.07) is 7.58. The highest BCUT2D eigenvalue weighted by Crippen LogP contribution is 2.24. The maximum Gasteiger partial charge on any atom is 0.163 e. The van der Waals surface area contributed by atoms with E-state index < -0.39 is 16.6 Å². The number of hydrogen-bond acceptors (Lipinski definition) is 4. The first-order chi connectivity index (χ1) is 9.50. The van der Waals surface area contributed by atoms with Gasteiger partial charge in [-0.2, -0.15) is 0 Å². The highest BCUT2D eigenvalue weighted by molar-refractivity contribution is 7.85. The summed E-state index contributed by atoms with van der Waals surface area (Å²) in [7, 11) is -1.01. The van der Waals surface area contributed by atoms with Crippen LogP contribution < -0.4 is 0 Å². The van der Waals surface area contributed by atoms with Gasteiger partial charge in [-0.3, -0.25) is 4.21 Å². The summed E-state index contributed by atoms with van der Waals surface area (Å²) >= 11 is 0. The molecule has 1 aromatic rings. The van der Waals surface area contributed by atoms with E-state index in [9.17, 15) is 4.21 Å². The van der Waals surface area contributed by atoms with E-state index in [0.29, 0.717) is 18.8 Å². The van der Waals surface area contributed by atoms with Crippen LogP contribution in [0.4, 0.5) is 0 Å². The van der Waals surface area contributed by atoms with Crippen molar-refractivity contribution in [2.24, 2.45) is 0 Å². The van der Waals surface area contributed by atoms with Crippen LogP contribution in [0, 0.1) is 0 Å². The fraction of sp³-hybridized carbons (Fsp3) is 0.600. The molecule has 2 unspecified atom stereocenters. The minimum Gasteiger partial charge on any atom is -0.396 e. The van der Waals surface area contributed by atoms with E-state index in [-0.39, 0.29) is 12.7 Å². The zero-order chi connectivity index (χ0) is 14.6. The molecular weight excluding hydrogens is 276 g/mol. The van der Waals surface area contributed by atoms with Crippen molar-refractivity contribution >= 4 is 10.8 Å². The Morgan fingerprint density at radius 3 is 2.60 bits per heavy atom. The molecule has 20 heavy (non-hydrogen) atoms. The highest BCUT2D eigenvalue weighted by atomic mass is 32.2. The quantitative estimate of drug-likeness (QED) is 0.871. The average molecular weight is 298 g/mol. The average Bonchev–Trinajstić information content (AvgIpc) is 2.77. The maximum absolute atomic E-state index is 12.2. The molecule has 0 aromatic heterocycles. The summed E-state index contributed by atoms with van der Waals surface area (Å²) in [5.41, 5.74) is 1.06. The Kier molecular flexibility index (Phi) is 5.32. The van der Waals surface area contributed by atoms with Gasteiger partial charge in [0.15, 0.2) is 5.79 Å². The molecule has 1 fully saturated rings. The van der Waals surface area contributed by atoms with Gasteiger partial charge in [-0.15, -0.1) is 0 Å². The van der Waals surface area contributed by atoms with E-state index in [1.54, 1.807) is 0 Å². The molecule has 0 bridgehead atoms. The van der Waals surface area contributed by atoms with Gasteiger partial charge in [-0.1, -0.05) is 12.1 Å². The van der Waals surface area contributed by atoms with Crippen LogP contribution in [-0.4, -0.2) is 40.2 Å². The molecule has 0 aliphatic carbocycles. The van der Waals surface area contributed by atoms with Crippen molar-refractivity contribution in [3.05, 3.63) is 29.8 Å². The molecule has 0 saturated carbocycles. The summed E-state index contributed by atoms with van der Waals surface area (Å²) in [5.74, 6) is 0.0571. The molecular formula is C15H22O4S. The molecule has 1 heterocycles. The van der Waals surface area contributed by atoms with Crippen molar-refractivity contribution in [1.82, 2.24) is 0 Å². The van der Waals surface area contributed by atoms with Crippen LogP contribution in [0.3, 0.4) is 0 Å². The third-order valence-electron chi connectivity index (χ3n) is 3.28. The van der Waals surface area contributed by atoms with E-state index in [0.717, 1.165) is 16.9 Å². The second-order valence-corrected chi connectivity index (χ2v) is 6.98. The van der Waals surface area contributed by atoms with Crippen molar-refractivity contribution in [1.29, 1.82) is 0 Å². The third-order valence-corrected chi connectivity index (χ3v) is 4.68. The second-order valence-electron chi connectivity index (χ2n) is 5.41. The number of aliphatic hydroxyl groups excluding tert-OH is 1. The molecule has 1 N–H and O–H groups in total. The molecule has 0 radical (unpaired) electrons. The van der Waals surface area contributed by atoms with E-state index in [1.807, 2.05) is 38.1 Å². The fourth-order valence-electron chi connectivity index (χ4n) is 2.20. The zero-order valence-corrected chi connectivity index (χ0v) is 12.8. The Labute approximate surface area is 122 Å². The lowest BCUT2D eigenvalue weighted by Crippen LogP contribution is -2.22. The molecule has 1 saturated heterocycles. The first-order valence-electron chi connectivity index (χ1n) is 6.90. The van der Waals surface area contributed by atoms with Crippen molar-refractivity contribution in [3.63, 3.8) is 0 Å². The molecule has 5 heteroatoms. The zero-order valence-electron chi connectivity index (χ0n) is 12.0. The van der Waals surface area contributed by atoms with Crippen LogP contribution in [0.2, 0.25) is 0 Å². The minimum atomic E-state index is -1.01. The van der Waals surface area contributed by atoms with Crippen LogP contribution in [-0.2, 0) is 26.7 Å². The topological polar surface area (TPSA) is 55.8 Å². The molecule has 0 amide bonds. The van der Waals surface area contributed by atoms with Crippen LogP contribution in [0.25, 0.3) is 0 Å². The van der Waals surface area contributed by atoms with E-state index in [1.165, 1.54) is 0 Å². The first kappa shape index (κ1) is 15.6. The van der Waals surface area contributed by atoms with E-state index in [2.05, 4.69) is 0 Å². The van der Waals surface area contributed by atoms with Gasteiger partial charge < -0.3 is 14.6 Å². The smallest absolute Gasteiger partial charge is 0.163 e. The van der Waals surface area contributed by atoms with Crippen molar-refractivity contribution in [3.8, 4) is 0 Å². The molecule has 1 aromatic carbocycles. The molecule has 2 atom stereocenters. The van der Waals surface area contributed by atoms with Gasteiger partial charge in [0.25, 0.3) is 0 Å². The van der Waals surface area contributed by atoms with Gasteiger partial charge in [-0.05, 0) is 44.4 Å². The predicted molar refractivity (Wildman–Crippen MR) is 78.0 cm³/mol. The minimum absolute atomic E-state index is 0.0302. The Balaban J connectivity index is 1.83. The largest absolute Gasteiger partial charge is 0.396 e. The number of aliphatic hydroxyl groups is 1. The number of ether oxygens (including phenoxy) is 2. The fourth-order valence-corrected chi connectivity index (χ4v) is 3.35. The summed E-state index contributed by atoms with van der Waals surface area (Å²) in [4.78, 5) is 0.824. The lowest BCUT2D eigenvalue weighted by molar-refractivity contribution is -0.138. The summed E-state index contributed by atoms with van der Waals surface area (Å²) in [6.45, 7) is 4.49. The maximum atomic E-state index is 12.2. The normalized spacial score (nSPS) is 22.9. The Morgan fingerprint density at radius 1 is 1.35 bits per heavy atom. The second kappa shape index (κ2) is 6.80. The first-order valence-corrected chi connectivity index (χ1v) is 8.22. The molecule has 112 valence electrons. The van der Waals surface area contributed by atoms with Gasteiger partial charge >= 0.3 is 0 Å². The van der Waals surface area contributed by atoms with Gasteiger partial charge in [0, 0.05) is 17.3 Å². The Bertz CT molecular complexity index is 455. The summed E-state index contributed by atoms with van der Waals surface area (Å²) < 4.78 is 23.4. The van der Waals surface area contributed by atoms with Gasteiger partial charge in [0.2, 0.25) is 0 Å². The lowest BCUT2D eigenvalue weighted by Gasteiger charge is -2.16. The van der Waals surface area contributed by atoms with Gasteiger partial charge in [0.1, 0.15) is 0 Å². The van der Waals surface area contributed by atoms with Crippen LogP contribution in [0.15, 0.2) is 29.2 Å². The summed E-state index contributed by atoms with van der Waals surface area (Å²) in [6.07, 6.45) is 1.39. The summed E-state index contributed by atoms with van der Waals surface area (Å²) in [5, 5.41) is 8.86. The van der Waals surface area contributed by atoms with Crippen LogP contribution >= 0.6 is 0 Å². The highest BCUT2D eigenvalue weighted by Gasteiger charge is 2.32. The standard InChI is InChI=1S/C15H22O4S/c1-15(2)18-11-13(19-15)8-10-20(17)14-5-3-12(4-6-14)7-9-16/h3-6,13,16H,7-11H2,1-2H3. The van der Waals surface area contributed by atoms with E-state index >= 15 is 0 Å². The molecule has 1 aliphatic heterocycles. The Hall–Kier alpha value is -0.750. The van der Waals surface area contributed by atoms with E-state index in [4.69, 9.17) is 14.6 Å². The van der Waals surface area contributed by atoms with Crippen LogP contribution in [0.5, 0.6) is 0 Å². The molecule has 4 nitrogen and oxygen atoms in total. The SMILES string of the molecule is CC1(C)OCC(CCS(=O)c2ccc(CCO)cc2)O1. The van der Waals surface area contributed by atoms with Crippen molar-refractivity contribution in [2.75, 3.05) is 19.0 Å². The third kappa shape index (κ3) is 4.38. The number of hydrogen-bond donors (Lipinski definition) is 1. The Morgan fingerprint density at radius 2 is 2.05 bits per heavy atom. The molecule has 0 spiro atoms. The van der Waals surface area contributed by atoms with Crippen molar-refractivity contribution < 1.29 is 18.8 Å². The van der Waals surface area contributed by atoms with Gasteiger partial charge in [0.05, 0.1) is 23.5 Å². The number of rotatable bonds is 6. The predicted octanol–water partition coefficient (Wildman–Crippen LogP) is 1.87.